The fourth-order valence-corrected chi connectivity index (χ4v) is 5.57. The largest absolute Gasteiger partial charge is 0.497 e. The number of methoxy groups -OCH3 is 3. The normalized spacial score (nSPS) is 14.3. The summed E-state index contributed by atoms with van der Waals surface area (Å²) in [5.74, 6) is 2.11. The highest BCUT2D eigenvalue weighted by molar-refractivity contribution is 7.99. The molecule has 1 atom stereocenters. The Hall–Kier alpha value is -4.84. The topological polar surface area (TPSA) is 120 Å². The van der Waals surface area contributed by atoms with Gasteiger partial charge >= 0.3 is 0 Å². The number of ether oxygens (including phenoxy) is 3. The molecule has 1 unspecified atom stereocenters. The van der Waals surface area contributed by atoms with Gasteiger partial charge in [-0.15, -0.1) is 10.2 Å². The fourth-order valence-electron chi connectivity index (χ4n) is 4.78. The van der Waals surface area contributed by atoms with Gasteiger partial charge in [-0.1, -0.05) is 42.1 Å². The van der Waals surface area contributed by atoms with Gasteiger partial charge in [-0.05, 0) is 48.0 Å². The highest BCUT2D eigenvalue weighted by Gasteiger charge is 2.35. The zero-order valence-corrected chi connectivity index (χ0v) is 25.1. The van der Waals surface area contributed by atoms with Gasteiger partial charge < -0.3 is 24.1 Å². The molecule has 1 N–H and O–H groups in total. The van der Waals surface area contributed by atoms with Crippen LogP contribution in [0.5, 0.6) is 17.2 Å². The molecule has 43 heavy (non-hydrogen) atoms. The monoisotopic (exact) mass is 600 g/mol. The van der Waals surface area contributed by atoms with Gasteiger partial charge in [0.05, 0.1) is 45.4 Å². The van der Waals surface area contributed by atoms with Crippen LogP contribution in [-0.2, 0) is 18.4 Å². The Morgan fingerprint density at radius 1 is 0.930 bits per heavy atom. The van der Waals surface area contributed by atoms with E-state index in [2.05, 4.69) is 15.5 Å². The molecule has 0 saturated carbocycles. The molecule has 1 aromatic heterocycles. The lowest BCUT2D eigenvalue weighted by atomic mass is 9.97. The van der Waals surface area contributed by atoms with E-state index in [0.29, 0.717) is 34.5 Å². The average Bonchev–Trinajstić information content (AvgIpc) is 3.66. The predicted octanol–water partition coefficient (Wildman–Crippen LogP) is 4.24. The number of aromatic nitrogens is 3. The third-order valence-corrected chi connectivity index (χ3v) is 8.08. The summed E-state index contributed by atoms with van der Waals surface area (Å²) >= 11 is 1.25. The molecular formula is C31H32N6O5S. The molecule has 222 valence electrons. The highest BCUT2D eigenvalue weighted by atomic mass is 32.2. The van der Waals surface area contributed by atoms with Crippen LogP contribution in [0.25, 0.3) is 0 Å². The number of rotatable bonds is 11. The molecule has 2 heterocycles. The van der Waals surface area contributed by atoms with Crippen molar-refractivity contribution in [3.05, 3.63) is 95.3 Å². The van der Waals surface area contributed by atoms with Crippen molar-refractivity contribution in [3.8, 4) is 17.2 Å². The molecule has 0 fully saturated rings. The minimum atomic E-state index is -0.404. The lowest BCUT2D eigenvalue weighted by Gasteiger charge is -2.24. The third kappa shape index (κ3) is 6.49. The van der Waals surface area contributed by atoms with Crippen LogP contribution in [0.15, 0.2) is 83.1 Å². The first-order valence-electron chi connectivity index (χ1n) is 13.5. The number of hydrogen-bond donors (Lipinski definition) is 1. The number of nitrogens with one attached hydrogen (secondary N) is 1. The molecule has 1 aliphatic rings. The van der Waals surface area contributed by atoms with Crippen molar-refractivity contribution in [3.63, 3.8) is 0 Å². The summed E-state index contributed by atoms with van der Waals surface area (Å²) in [5.41, 5.74) is 3.02. The molecule has 0 spiro atoms. The summed E-state index contributed by atoms with van der Waals surface area (Å²) in [7, 11) is 6.58. The number of thioether (sulfide) groups is 1. The molecule has 1 aliphatic heterocycles. The summed E-state index contributed by atoms with van der Waals surface area (Å²) in [5, 5.41) is 18.2. The number of benzene rings is 3. The smallest absolute Gasteiger partial charge is 0.253 e. The third-order valence-electron chi connectivity index (χ3n) is 7.07. The van der Waals surface area contributed by atoms with Gasteiger partial charge in [0.15, 0.2) is 22.5 Å². The van der Waals surface area contributed by atoms with E-state index in [1.807, 2.05) is 60.7 Å². The summed E-state index contributed by atoms with van der Waals surface area (Å²) in [4.78, 5) is 26.1. The van der Waals surface area contributed by atoms with Crippen LogP contribution >= 0.6 is 11.8 Å². The van der Waals surface area contributed by atoms with Crippen molar-refractivity contribution >= 4 is 29.3 Å². The first-order valence-corrected chi connectivity index (χ1v) is 14.5. The van der Waals surface area contributed by atoms with Crippen molar-refractivity contribution in [2.45, 2.75) is 24.2 Å². The van der Waals surface area contributed by atoms with E-state index < -0.39 is 6.04 Å². The average molecular weight is 601 g/mol. The van der Waals surface area contributed by atoms with Gasteiger partial charge in [0.2, 0.25) is 0 Å². The van der Waals surface area contributed by atoms with Crippen LogP contribution in [0.2, 0.25) is 0 Å². The van der Waals surface area contributed by atoms with Crippen LogP contribution in [0.4, 0.5) is 0 Å². The number of hydrazone groups is 1. The van der Waals surface area contributed by atoms with E-state index in [4.69, 9.17) is 19.3 Å². The maximum atomic E-state index is 13.7. The maximum absolute atomic E-state index is 13.7. The number of hydrogen-bond acceptors (Lipinski definition) is 9. The lowest BCUT2D eigenvalue weighted by molar-refractivity contribution is -0.130. The SMILES string of the molecule is COc1ccc(C2=NN(C(=O)CSc3nnc(CNC(=O)c4ccccc4)n3C)C(c3cccc(OC)c3OC)C2)cc1. The minimum absolute atomic E-state index is 0.0739. The van der Waals surface area contributed by atoms with Gasteiger partial charge in [-0.25, -0.2) is 5.01 Å². The number of para-hydroxylation sites is 1. The van der Waals surface area contributed by atoms with Gasteiger partial charge in [0.25, 0.3) is 11.8 Å². The zero-order valence-electron chi connectivity index (χ0n) is 24.3. The van der Waals surface area contributed by atoms with Crippen LogP contribution in [0, 0.1) is 0 Å². The molecule has 12 heteroatoms. The van der Waals surface area contributed by atoms with E-state index in [1.165, 1.54) is 16.8 Å². The predicted molar refractivity (Wildman–Crippen MR) is 163 cm³/mol. The molecule has 4 aromatic rings. The van der Waals surface area contributed by atoms with E-state index in [-0.39, 0.29) is 24.1 Å². The van der Waals surface area contributed by atoms with Crippen LogP contribution in [0.3, 0.4) is 0 Å². The molecule has 3 aromatic carbocycles. The van der Waals surface area contributed by atoms with E-state index >= 15 is 0 Å². The second-order valence-corrected chi connectivity index (χ2v) is 10.6. The van der Waals surface area contributed by atoms with Crippen LogP contribution in [0.1, 0.15) is 39.8 Å². The second-order valence-electron chi connectivity index (χ2n) is 9.61. The van der Waals surface area contributed by atoms with Crippen molar-refractivity contribution < 1.29 is 23.8 Å². The Kier molecular flexibility index (Phi) is 9.26. The lowest BCUT2D eigenvalue weighted by Crippen LogP contribution is -2.29. The van der Waals surface area contributed by atoms with Crippen molar-refractivity contribution in [2.24, 2.45) is 12.1 Å². The number of nitrogens with zero attached hydrogens (tertiary/aromatic N) is 5. The standard InChI is InChI=1S/C31H32N6O5S/c1-36-27(18-32-30(39)21-9-6-5-7-10-21)33-34-31(36)43-19-28(38)37-25(23-11-8-12-26(41-3)29(23)42-4)17-24(35-37)20-13-15-22(40-2)16-14-20/h5-16,25H,17-19H2,1-4H3,(H,32,39). The molecule has 2 amide bonds. The summed E-state index contributed by atoms with van der Waals surface area (Å²) in [6.07, 6.45) is 0.488. The van der Waals surface area contributed by atoms with Gasteiger partial charge in [-0.2, -0.15) is 5.10 Å². The summed E-state index contributed by atoms with van der Waals surface area (Å²) in [6.45, 7) is 0.199. The Morgan fingerprint density at radius 2 is 1.70 bits per heavy atom. The molecule has 0 aliphatic carbocycles. The minimum Gasteiger partial charge on any atom is -0.497 e. The molecule has 0 bridgehead atoms. The first-order chi connectivity index (χ1) is 20.9. The van der Waals surface area contributed by atoms with Crippen molar-refractivity contribution in [1.82, 2.24) is 25.1 Å². The quantitative estimate of drug-likeness (QED) is 0.254. The summed E-state index contributed by atoms with van der Waals surface area (Å²) < 4.78 is 18.3. The molecule has 5 rings (SSSR count). The molecule has 11 nitrogen and oxygen atoms in total. The van der Waals surface area contributed by atoms with Gasteiger partial charge in [0.1, 0.15) is 5.75 Å². The highest BCUT2D eigenvalue weighted by Crippen LogP contribution is 2.42. The molecule has 0 saturated heterocycles. The Bertz CT molecular complexity index is 1620. The van der Waals surface area contributed by atoms with Crippen molar-refractivity contribution in [2.75, 3.05) is 27.1 Å². The van der Waals surface area contributed by atoms with Crippen LogP contribution < -0.4 is 19.5 Å². The van der Waals surface area contributed by atoms with E-state index in [9.17, 15) is 9.59 Å². The molecular weight excluding hydrogens is 568 g/mol. The first kappa shape index (κ1) is 29.6. The zero-order chi connectivity index (χ0) is 30.3. The van der Waals surface area contributed by atoms with Crippen molar-refractivity contribution in [1.29, 1.82) is 0 Å². The van der Waals surface area contributed by atoms with Gasteiger partial charge in [-0.3, -0.25) is 9.59 Å². The van der Waals surface area contributed by atoms with E-state index in [1.54, 1.807) is 45.1 Å². The maximum Gasteiger partial charge on any atom is 0.253 e. The number of amides is 2. The van der Waals surface area contributed by atoms with Gasteiger partial charge in [0, 0.05) is 24.6 Å². The second kappa shape index (κ2) is 13.4. The Labute approximate surface area is 253 Å². The Morgan fingerprint density at radius 3 is 2.40 bits per heavy atom. The van der Waals surface area contributed by atoms with Crippen LogP contribution in [-0.4, -0.2) is 64.4 Å². The number of carbonyl (C=O) groups is 2. The summed E-state index contributed by atoms with van der Waals surface area (Å²) in [6, 6.07) is 21.8. The Balaban J connectivity index is 1.33. The fraction of sp³-hybridized carbons (Fsp3) is 0.258. The number of carbonyl (C=O) groups excluding carboxylic acids is 2. The van der Waals surface area contributed by atoms with E-state index in [0.717, 1.165) is 22.6 Å². The molecule has 0 radical (unpaired) electrons.